The van der Waals surface area contributed by atoms with Crippen LogP contribution in [0.3, 0.4) is 0 Å². The predicted octanol–water partition coefficient (Wildman–Crippen LogP) is 3.29. The lowest BCUT2D eigenvalue weighted by molar-refractivity contribution is 0.0996. The summed E-state index contributed by atoms with van der Waals surface area (Å²) in [4.78, 5) is 12.0. The van der Waals surface area contributed by atoms with Crippen LogP contribution in [0.2, 0.25) is 0 Å². The molecule has 0 bridgehead atoms. The standard InChI is InChI=1S/C17H15NO5/c1-21-16-9-11(18-17(20)15-3-2-8-22-15)4-6-13(16)14-7-5-12(10-19)23-14/h2-9,19H,10H2,1H3,(H,18,20). The summed E-state index contributed by atoms with van der Waals surface area (Å²) in [6.07, 6.45) is 1.44. The van der Waals surface area contributed by atoms with Gasteiger partial charge in [-0.2, -0.15) is 0 Å². The summed E-state index contributed by atoms with van der Waals surface area (Å²) in [7, 11) is 1.53. The van der Waals surface area contributed by atoms with Crippen molar-refractivity contribution in [3.8, 4) is 17.1 Å². The van der Waals surface area contributed by atoms with Crippen LogP contribution in [0.4, 0.5) is 5.69 Å². The molecule has 0 unspecified atom stereocenters. The Labute approximate surface area is 132 Å². The van der Waals surface area contributed by atoms with Gasteiger partial charge in [0.2, 0.25) is 0 Å². The van der Waals surface area contributed by atoms with E-state index in [4.69, 9.17) is 18.7 Å². The Hall–Kier alpha value is -2.99. The van der Waals surface area contributed by atoms with Crippen LogP contribution >= 0.6 is 0 Å². The molecule has 2 aromatic heterocycles. The Morgan fingerprint density at radius 3 is 2.78 bits per heavy atom. The zero-order chi connectivity index (χ0) is 16.2. The third kappa shape index (κ3) is 3.12. The van der Waals surface area contributed by atoms with Crippen LogP contribution in [0.25, 0.3) is 11.3 Å². The normalized spacial score (nSPS) is 10.5. The molecule has 3 aromatic rings. The van der Waals surface area contributed by atoms with Crippen molar-refractivity contribution >= 4 is 11.6 Å². The van der Waals surface area contributed by atoms with Crippen molar-refractivity contribution in [1.29, 1.82) is 0 Å². The van der Waals surface area contributed by atoms with Gasteiger partial charge in [0.1, 0.15) is 23.9 Å². The monoisotopic (exact) mass is 313 g/mol. The fourth-order valence-corrected chi connectivity index (χ4v) is 2.18. The fourth-order valence-electron chi connectivity index (χ4n) is 2.18. The van der Waals surface area contributed by atoms with Crippen molar-refractivity contribution in [3.63, 3.8) is 0 Å². The highest BCUT2D eigenvalue weighted by Crippen LogP contribution is 2.33. The maximum atomic E-state index is 12.0. The molecule has 6 heteroatoms. The van der Waals surface area contributed by atoms with Gasteiger partial charge in [0.25, 0.3) is 5.91 Å². The SMILES string of the molecule is COc1cc(NC(=O)c2ccco2)ccc1-c1ccc(CO)o1. The van der Waals surface area contributed by atoms with E-state index in [0.29, 0.717) is 23.0 Å². The number of benzene rings is 1. The predicted molar refractivity (Wildman–Crippen MR) is 83.3 cm³/mol. The number of anilines is 1. The molecule has 0 aliphatic heterocycles. The smallest absolute Gasteiger partial charge is 0.291 e. The minimum atomic E-state index is -0.342. The zero-order valence-corrected chi connectivity index (χ0v) is 12.4. The van der Waals surface area contributed by atoms with E-state index in [9.17, 15) is 4.79 Å². The van der Waals surface area contributed by atoms with Crippen molar-refractivity contribution in [1.82, 2.24) is 0 Å². The minimum absolute atomic E-state index is 0.167. The van der Waals surface area contributed by atoms with Crippen LogP contribution in [-0.4, -0.2) is 18.1 Å². The van der Waals surface area contributed by atoms with Gasteiger partial charge in [-0.15, -0.1) is 0 Å². The summed E-state index contributed by atoms with van der Waals surface area (Å²) in [5, 5.41) is 11.8. The number of carbonyl (C=O) groups excluding carboxylic acids is 1. The van der Waals surface area contributed by atoms with Gasteiger partial charge in [-0.05, 0) is 36.4 Å². The largest absolute Gasteiger partial charge is 0.496 e. The first kappa shape index (κ1) is 14.9. The van der Waals surface area contributed by atoms with Crippen molar-refractivity contribution in [2.45, 2.75) is 6.61 Å². The molecule has 0 radical (unpaired) electrons. The maximum Gasteiger partial charge on any atom is 0.291 e. The molecular weight excluding hydrogens is 298 g/mol. The molecular formula is C17H15NO5. The minimum Gasteiger partial charge on any atom is -0.496 e. The number of aliphatic hydroxyl groups excluding tert-OH is 1. The van der Waals surface area contributed by atoms with Crippen molar-refractivity contribution in [2.24, 2.45) is 0 Å². The van der Waals surface area contributed by atoms with Crippen LogP contribution in [0.5, 0.6) is 5.75 Å². The van der Waals surface area contributed by atoms with Gasteiger partial charge in [-0.3, -0.25) is 4.79 Å². The highest BCUT2D eigenvalue weighted by molar-refractivity contribution is 6.02. The summed E-state index contributed by atoms with van der Waals surface area (Å²) >= 11 is 0. The second-order valence-electron chi connectivity index (χ2n) is 4.77. The molecule has 118 valence electrons. The molecule has 0 aliphatic carbocycles. The van der Waals surface area contributed by atoms with E-state index >= 15 is 0 Å². The van der Waals surface area contributed by atoms with Gasteiger partial charge in [-0.25, -0.2) is 0 Å². The lowest BCUT2D eigenvalue weighted by Gasteiger charge is -2.10. The van der Waals surface area contributed by atoms with Gasteiger partial charge in [-0.1, -0.05) is 0 Å². The molecule has 0 saturated carbocycles. The van der Waals surface area contributed by atoms with Crippen molar-refractivity contribution in [2.75, 3.05) is 12.4 Å². The topological polar surface area (TPSA) is 84.8 Å². The first-order chi connectivity index (χ1) is 11.2. The van der Waals surface area contributed by atoms with E-state index < -0.39 is 0 Å². The van der Waals surface area contributed by atoms with Crippen molar-refractivity contribution < 1.29 is 23.5 Å². The molecule has 23 heavy (non-hydrogen) atoms. The van der Waals surface area contributed by atoms with E-state index in [2.05, 4.69) is 5.32 Å². The second kappa shape index (κ2) is 6.41. The Bertz CT molecular complexity index is 804. The van der Waals surface area contributed by atoms with Crippen LogP contribution in [0.15, 0.2) is 57.6 Å². The summed E-state index contributed by atoms with van der Waals surface area (Å²) in [6, 6.07) is 11.9. The number of methoxy groups -OCH3 is 1. The molecule has 1 aromatic carbocycles. The number of hydrogen-bond acceptors (Lipinski definition) is 5. The number of nitrogens with one attached hydrogen (secondary N) is 1. The lowest BCUT2D eigenvalue weighted by atomic mass is 10.1. The summed E-state index contributed by atoms with van der Waals surface area (Å²) in [5.74, 6) is 1.48. The maximum absolute atomic E-state index is 12.0. The molecule has 2 heterocycles. The van der Waals surface area contributed by atoms with E-state index in [1.807, 2.05) is 0 Å². The molecule has 6 nitrogen and oxygen atoms in total. The molecule has 0 aliphatic rings. The Kier molecular flexibility index (Phi) is 4.16. The first-order valence-corrected chi connectivity index (χ1v) is 6.94. The number of furan rings is 2. The second-order valence-corrected chi connectivity index (χ2v) is 4.77. The first-order valence-electron chi connectivity index (χ1n) is 6.94. The summed E-state index contributed by atoms with van der Waals surface area (Å²) in [5.41, 5.74) is 1.30. The number of amides is 1. The van der Waals surface area contributed by atoms with E-state index in [1.54, 1.807) is 42.5 Å². The molecule has 0 saturated heterocycles. The van der Waals surface area contributed by atoms with Gasteiger partial charge in [0.15, 0.2) is 5.76 Å². The van der Waals surface area contributed by atoms with Gasteiger partial charge >= 0.3 is 0 Å². The lowest BCUT2D eigenvalue weighted by Crippen LogP contribution is -2.10. The quantitative estimate of drug-likeness (QED) is 0.755. The molecule has 3 rings (SSSR count). The van der Waals surface area contributed by atoms with E-state index in [-0.39, 0.29) is 18.3 Å². The van der Waals surface area contributed by atoms with E-state index in [1.165, 1.54) is 13.4 Å². The van der Waals surface area contributed by atoms with Crippen molar-refractivity contribution in [3.05, 3.63) is 60.2 Å². The molecule has 1 amide bonds. The van der Waals surface area contributed by atoms with Gasteiger partial charge in [0, 0.05) is 11.8 Å². The zero-order valence-electron chi connectivity index (χ0n) is 12.4. The number of hydrogen-bond donors (Lipinski definition) is 2. The number of ether oxygens (including phenoxy) is 1. The molecule has 0 spiro atoms. The molecule has 2 N–H and O–H groups in total. The summed E-state index contributed by atoms with van der Waals surface area (Å²) < 4.78 is 15.9. The number of rotatable bonds is 5. The third-order valence-corrected chi connectivity index (χ3v) is 3.29. The molecule has 0 atom stereocenters. The van der Waals surface area contributed by atoms with Crippen LogP contribution < -0.4 is 10.1 Å². The third-order valence-electron chi connectivity index (χ3n) is 3.29. The Morgan fingerprint density at radius 1 is 1.26 bits per heavy atom. The number of carbonyl (C=O) groups is 1. The van der Waals surface area contributed by atoms with Crippen LogP contribution in [0.1, 0.15) is 16.3 Å². The Morgan fingerprint density at radius 2 is 2.13 bits per heavy atom. The highest BCUT2D eigenvalue weighted by atomic mass is 16.5. The fraction of sp³-hybridized carbons (Fsp3) is 0.118. The number of aliphatic hydroxyl groups is 1. The average Bonchev–Trinajstić information content (AvgIpc) is 3.26. The Balaban J connectivity index is 1.86. The van der Waals surface area contributed by atoms with E-state index in [0.717, 1.165) is 5.56 Å². The van der Waals surface area contributed by atoms with Crippen LogP contribution in [0, 0.1) is 0 Å². The highest BCUT2D eigenvalue weighted by Gasteiger charge is 2.13. The average molecular weight is 313 g/mol. The molecule has 0 fully saturated rings. The van der Waals surface area contributed by atoms with Gasteiger partial charge in [0.05, 0.1) is 18.9 Å². The van der Waals surface area contributed by atoms with Gasteiger partial charge < -0.3 is 24.0 Å². The van der Waals surface area contributed by atoms with Crippen LogP contribution in [-0.2, 0) is 6.61 Å². The summed E-state index contributed by atoms with van der Waals surface area (Å²) in [6.45, 7) is -0.167.